The summed E-state index contributed by atoms with van der Waals surface area (Å²) in [4.78, 5) is 15.7. The summed E-state index contributed by atoms with van der Waals surface area (Å²) in [7, 11) is 26.9. The van der Waals surface area contributed by atoms with Crippen molar-refractivity contribution in [3.63, 3.8) is 0 Å². The third-order valence-electron chi connectivity index (χ3n) is 14.2. The van der Waals surface area contributed by atoms with E-state index in [1.807, 2.05) is 18.2 Å². The van der Waals surface area contributed by atoms with Crippen molar-refractivity contribution < 1.29 is 4.42 Å². The van der Waals surface area contributed by atoms with Crippen LogP contribution in [0.4, 0.5) is 0 Å². The molecule has 0 N–H and O–H groups in total. The molecular weight excluding hydrogens is 728 g/mol. The monoisotopic (exact) mass is 769 g/mol. The molecule has 16 heteroatoms. The second kappa shape index (κ2) is 14.4. The molecule has 0 spiro atoms. The van der Waals surface area contributed by atoms with Crippen LogP contribution in [0.15, 0.2) is 95.4 Å². The average molecular weight is 768 g/mol. The van der Waals surface area contributed by atoms with Crippen LogP contribution in [0, 0.1) is 0 Å². The number of para-hydroxylation sites is 1. The number of hydrogen-bond acceptors (Lipinski definition) is 4. The van der Waals surface area contributed by atoms with E-state index in [-0.39, 0.29) is 0 Å². The summed E-state index contributed by atoms with van der Waals surface area (Å²) < 4.78 is 6.96. The smallest absolute Gasteiger partial charge is 0.167 e. The molecule has 0 bridgehead atoms. The largest absolute Gasteiger partial charge is 0.455 e. The average Bonchev–Trinajstić information content (AvgIpc) is 3.64. The van der Waals surface area contributed by atoms with Crippen LogP contribution in [0.3, 0.4) is 0 Å². The summed E-state index contributed by atoms with van der Waals surface area (Å²) in [5.41, 5.74) is 22.2. The van der Waals surface area contributed by atoms with Gasteiger partial charge in [0.25, 0.3) is 0 Å². The van der Waals surface area contributed by atoms with Gasteiger partial charge in [-0.1, -0.05) is 128 Å². The molecule has 10 aromatic rings. The second-order valence-corrected chi connectivity index (χ2v) is 17.6. The number of aromatic nitrogens is 3. The summed E-state index contributed by atoms with van der Waals surface area (Å²) in [6.45, 7) is 0. The molecule has 4 nitrogen and oxygen atoms in total. The van der Waals surface area contributed by atoms with Gasteiger partial charge in [0.15, 0.2) is 17.5 Å². The Morgan fingerprint density at radius 2 is 0.918 bits per heavy atom. The first-order valence-corrected chi connectivity index (χ1v) is 21.5. The summed E-state index contributed by atoms with van der Waals surface area (Å²) in [5.74, 6) is 1.90. The Balaban J connectivity index is 1.26. The summed E-state index contributed by atoms with van der Waals surface area (Å²) in [6, 6.07) is 32.7. The molecule has 0 amide bonds. The van der Waals surface area contributed by atoms with E-state index in [4.69, 9.17) is 19.4 Å². The first kappa shape index (κ1) is 39.3. The molecule has 0 saturated heterocycles. The van der Waals surface area contributed by atoms with Crippen LogP contribution in [0.25, 0.3) is 99.5 Å². The molecule has 0 atom stereocenters. The molecule has 0 fully saturated rings. The van der Waals surface area contributed by atoms with Crippen molar-refractivity contribution >= 4 is 214 Å². The fourth-order valence-corrected chi connectivity index (χ4v) is 10.3. The Bertz CT molecular complexity index is 3550. The van der Waals surface area contributed by atoms with Gasteiger partial charge >= 0.3 is 0 Å². The minimum atomic E-state index is 0.591. The minimum absolute atomic E-state index is 0.591. The normalized spacial score (nSPS) is 11.7. The van der Waals surface area contributed by atoms with Gasteiger partial charge in [0.1, 0.15) is 105 Å². The van der Waals surface area contributed by atoms with Gasteiger partial charge in [-0.3, -0.25) is 0 Å². The number of fused-ring (bicyclic) bond motifs is 9. The third kappa shape index (κ3) is 5.88. The van der Waals surface area contributed by atoms with E-state index < -0.39 is 0 Å². The van der Waals surface area contributed by atoms with E-state index in [1.165, 1.54) is 109 Å². The molecule has 0 aliphatic carbocycles. The lowest BCUT2D eigenvalue weighted by Crippen LogP contribution is -2.55. The topological polar surface area (TPSA) is 51.8 Å². The quantitative estimate of drug-likeness (QED) is 0.132. The molecule has 0 aliphatic heterocycles. The summed E-state index contributed by atoms with van der Waals surface area (Å²) in [6.07, 6.45) is 0. The van der Waals surface area contributed by atoms with Crippen LogP contribution in [-0.2, 0) is 0 Å². The lowest BCUT2D eigenvalue weighted by Gasteiger charge is -2.22. The maximum absolute atomic E-state index is 6.96. The Hall–Kier alpha value is -5.87. The highest BCUT2D eigenvalue weighted by atomic mass is 16.3. The summed E-state index contributed by atoms with van der Waals surface area (Å²) >= 11 is 0. The van der Waals surface area contributed by atoms with E-state index in [0.717, 1.165) is 38.6 Å². The number of furan rings is 1. The molecule has 0 unspecified atom stereocenters. The van der Waals surface area contributed by atoms with Gasteiger partial charge in [-0.05, 0) is 55.6 Å². The zero-order valence-corrected chi connectivity index (χ0v) is 37.4. The fraction of sp³-hybridized carbons (Fsp3) is 0. The lowest BCUT2D eigenvalue weighted by molar-refractivity contribution is 0.669. The first-order chi connectivity index (χ1) is 29.2. The van der Waals surface area contributed by atoms with Crippen molar-refractivity contribution in [3.8, 4) is 45.3 Å². The molecule has 61 heavy (non-hydrogen) atoms. The van der Waals surface area contributed by atoms with E-state index in [9.17, 15) is 0 Å². The van der Waals surface area contributed by atoms with Gasteiger partial charge in [-0.15, -0.1) is 16.4 Å². The maximum Gasteiger partial charge on any atom is 0.167 e. The van der Waals surface area contributed by atoms with Crippen LogP contribution in [0.2, 0.25) is 0 Å². The Morgan fingerprint density at radius 3 is 1.62 bits per heavy atom. The van der Waals surface area contributed by atoms with E-state index in [0.29, 0.717) is 17.5 Å². The van der Waals surface area contributed by atoms with Crippen molar-refractivity contribution in [2.45, 2.75) is 0 Å². The highest BCUT2D eigenvalue weighted by molar-refractivity contribution is 6.69. The van der Waals surface area contributed by atoms with Gasteiger partial charge in [-0.25, -0.2) is 15.0 Å². The second-order valence-electron chi connectivity index (χ2n) is 17.6. The Kier molecular flexibility index (Phi) is 9.25. The molecule has 8 aromatic carbocycles. The van der Waals surface area contributed by atoms with E-state index in [1.54, 1.807) is 0 Å². The van der Waals surface area contributed by atoms with Crippen molar-refractivity contribution in [1.29, 1.82) is 0 Å². The molecule has 0 saturated carbocycles. The van der Waals surface area contributed by atoms with Crippen LogP contribution < -0.4 is 65.6 Å². The van der Waals surface area contributed by atoms with E-state index in [2.05, 4.69) is 167 Å². The van der Waals surface area contributed by atoms with Crippen molar-refractivity contribution in [2.24, 2.45) is 0 Å². The highest BCUT2D eigenvalue weighted by Gasteiger charge is 2.24. The molecule has 2 aromatic heterocycles. The predicted octanol–water partition coefficient (Wildman–Crippen LogP) is -9.00. The van der Waals surface area contributed by atoms with Crippen molar-refractivity contribution in [1.82, 2.24) is 15.0 Å². The van der Waals surface area contributed by atoms with Crippen LogP contribution in [0.5, 0.6) is 0 Å². The van der Waals surface area contributed by atoms with Gasteiger partial charge in [-0.2, -0.15) is 0 Å². The highest BCUT2D eigenvalue weighted by Crippen LogP contribution is 2.41. The minimum Gasteiger partial charge on any atom is -0.455 e. The molecule has 0 radical (unpaired) electrons. The summed E-state index contributed by atoms with van der Waals surface area (Å²) in [5, 5.41) is 10.2. The van der Waals surface area contributed by atoms with Crippen LogP contribution in [0.1, 0.15) is 0 Å². The van der Waals surface area contributed by atoms with Crippen molar-refractivity contribution in [2.75, 3.05) is 0 Å². The predicted molar refractivity (Wildman–Crippen MR) is 300 cm³/mol. The number of rotatable bonds is 4. The molecule has 10 rings (SSSR count). The van der Waals surface area contributed by atoms with E-state index >= 15 is 0 Å². The molecule has 2 heterocycles. The van der Waals surface area contributed by atoms with Gasteiger partial charge in [0.2, 0.25) is 0 Å². The van der Waals surface area contributed by atoms with Crippen LogP contribution >= 0.6 is 0 Å². The number of hydrogen-bond donors (Lipinski definition) is 0. The maximum atomic E-state index is 6.96. The third-order valence-corrected chi connectivity index (χ3v) is 14.2. The van der Waals surface area contributed by atoms with Gasteiger partial charge in [0.05, 0.1) is 5.56 Å². The van der Waals surface area contributed by atoms with Crippen molar-refractivity contribution in [3.05, 3.63) is 91.0 Å². The van der Waals surface area contributed by atoms with Gasteiger partial charge in [0, 0.05) is 21.9 Å². The zero-order valence-electron chi connectivity index (χ0n) is 37.4. The standard InChI is InChI=1S/C45H39B12N3O/c46-23-12-20-21(13-24(23)47)31-33(26(49)15-27(50)35(31)51)32-22(20)14-25(48)30(36(32)52)17-8-5-11-28-29(17)18-9-4-10-19(42(18)61-28)44-58-43(16-6-2-1-3-7-16)59-45(60-44)34-37(53)39(55)41(57)40(56)38(34)54/h1-15H,46-57H2. The van der Waals surface area contributed by atoms with Crippen LogP contribution in [-0.4, -0.2) is 109 Å². The number of benzene rings is 8. The lowest BCUT2D eigenvalue weighted by atomic mass is 9.60. The SMILES string of the molecule is Bc1cc2c(cc1B)c1c(B)c(B)cc(B)c1c1c(B)c(-c3cccc4oc5c(-c6nc(-c7ccccc7)nc(-c7c(B)c(B)c(B)c(B)c7B)n6)cccc5c34)c(B)cc21. The molecule has 0 aliphatic rings. The molecule has 276 valence electrons. The van der Waals surface area contributed by atoms with Gasteiger partial charge < -0.3 is 4.42 Å². The molecular formula is C45H39B12N3O. The Labute approximate surface area is 367 Å². The first-order valence-electron chi connectivity index (χ1n) is 21.5. The fourth-order valence-electron chi connectivity index (χ4n) is 10.3. The number of nitrogens with zero attached hydrogens (tertiary/aromatic N) is 3. The Morgan fingerprint density at radius 1 is 0.344 bits per heavy atom. The zero-order chi connectivity index (χ0) is 42.8.